The van der Waals surface area contributed by atoms with Crippen LogP contribution in [0, 0.1) is 20.8 Å². The highest BCUT2D eigenvalue weighted by atomic mass is 16.5. The van der Waals surface area contributed by atoms with Gasteiger partial charge in [-0.15, -0.1) is 0 Å². The van der Waals surface area contributed by atoms with Gasteiger partial charge in [0.1, 0.15) is 11.5 Å². The van der Waals surface area contributed by atoms with E-state index in [0.717, 1.165) is 35.5 Å². The minimum Gasteiger partial charge on any atom is -0.461 e. The summed E-state index contributed by atoms with van der Waals surface area (Å²) >= 11 is 0. The number of hydrogen-bond acceptors (Lipinski definition) is 2. The molecule has 158 valence electrons. The SMILES string of the molecule is Cc1ccc2c(c1)C(c1cc(C)c3cc(C(C)C)ccc(C)c1-3)C1=C(CCCC1=O)O2. The third kappa shape index (κ3) is 3.20. The van der Waals surface area contributed by atoms with Gasteiger partial charge in [-0.25, -0.2) is 0 Å². The van der Waals surface area contributed by atoms with Crippen molar-refractivity contribution < 1.29 is 9.53 Å². The van der Waals surface area contributed by atoms with Crippen molar-refractivity contribution in [2.24, 2.45) is 0 Å². The van der Waals surface area contributed by atoms with Gasteiger partial charge in [-0.05, 0) is 72.6 Å². The number of hydrogen-bond donors (Lipinski definition) is 0. The van der Waals surface area contributed by atoms with Crippen LogP contribution < -0.4 is 4.74 Å². The molecule has 3 aliphatic carbocycles. The molecule has 2 nitrogen and oxygen atoms in total. The van der Waals surface area contributed by atoms with E-state index in [4.69, 9.17) is 4.74 Å². The van der Waals surface area contributed by atoms with Crippen molar-refractivity contribution >= 4 is 5.78 Å². The van der Waals surface area contributed by atoms with Crippen LogP contribution in [0.5, 0.6) is 5.75 Å². The number of ether oxygens (including phenoxy) is 1. The number of Topliss-reactive ketones (excluding diaryl/α,β-unsaturated/α-hetero) is 1. The maximum absolute atomic E-state index is 13.2. The maximum atomic E-state index is 13.2. The molecule has 1 aromatic rings. The lowest BCUT2D eigenvalue weighted by atomic mass is 9.76. The smallest absolute Gasteiger partial charge is 0.163 e. The van der Waals surface area contributed by atoms with Crippen molar-refractivity contribution in [3.8, 4) is 16.9 Å². The van der Waals surface area contributed by atoms with E-state index in [9.17, 15) is 4.79 Å². The first kappa shape index (κ1) is 20.1. The molecule has 1 aliphatic heterocycles. The monoisotopic (exact) mass is 410 g/mol. The summed E-state index contributed by atoms with van der Waals surface area (Å²) in [5, 5.41) is 0. The molecule has 0 spiro atoms. The van der Waals surface area contributed by atoms with E-state index >= 15 is 0 Å². The highest BCUT2D eigenvalue weighted by Gasteiger charge is 2.38. The van der Waals surface area contributed by atoms with E-state index in [1.54, 1.807) is 0 Å². The summed E-state index contributed by atoms with van der Waals surface area (Å²) in [5.74, 6) is 2.42. The average Bonchev–Trinajstić information content (AvgIpc) is 2.93. The largest absolute Gasteiger partial charge is 0.461 e. The number of fused-ring (bicyclic) bond motifs is 2. The Bertz CT molecular complexity index is 1210. The summed E-state index contributed by atoms with van der Waals surface area (Å²) in [4.78, 5) is 13.2. The Morgan fingerprint density at radius 1 is 0.903 bits per heavy atom. The van der Waals surface area contributed by atoms with Crippen LogP contribution in [0.1, 0.15) is 78.3 Å². The van der Waals surface area contributed by atoms with Crippen molar-refractivity contribution in [2.45, 2.75) is 65.7 Å². The lowest BCUT2D eigenvalue weighted by Crippen LogP contribution is -2.25. The van der Waals surface area contributed by atoms with Gasteiger partial charge in [-0.3, -0.25) is 4.79 Å². The van der Waals surface area contributed by atoms with Crippen LogP contribution in [0.15, 0.2) is 53.8 Å². The van der Waals surface area contributed by atoms with E-state index in [2.05, 4.69) is 77.1 Å². The van der Waals surface area contributed by atoms with Crippen molar-refractivity contribution in [2.75, 3.05) is 0 Å². The minimum atomic E-state index is -0.0637. The van der Waals surface area contributed by atoms with Gasteiger partial charge >= 0.3 is 0 Å². The molecule has 0 saturated carbocycles. The Morgan fingerprint density at radius 3 is 2.48 bits per heavy atom. The van der Waals surface area contributed by atoms with Gasteiger partial charge in [0.2, 0.25) is 0 Å². The zero-order valence-electron chi connectivity index (χ0n) is 19.1. The van der Waals surface area contributed by atoms with Crippen molar-refractivity contribution in [1.82, 2.24) is 0 Å². The number of aryl methyl sites for hydroxylation is 3. The van der Waals surface area contributed by atoms with E-state index < -0.39 is 0 Å². The summed E-state index contributed by atoms with van der Waals surface area (Å²) in [5.41, 5.74) is 10.9. The van der Waals surface area contributed by atoms with Gasteiger partial charge in [0.25, 0.3) is 0 Å². The minimum absolute atomic E-state index is 0.0637. The molecular formula is C29H30O2. The topological polar surface area (TPSA) is 26.3 Å². The Labute approximate surface area is 185 Å². The predicted octanol–water partition coefficient (Wildman–Crippen LogP) is 7.37. The molecule has 0 aromatic heterocycles. The molecule has 0 bridgehead atoms. The van der Waals surface area contributed by atoms with E-state index in [0.29, 0.717) is 12.3 Å². The van der Waals surface area contributed by atoms with Crippen LogP contribution in [0.3, 0.4) is 0 Å². The lowest BCUT2D eigenvalue weighted by Gasteiger charge is -2.33. The van der Waals surface area contributed by atoms with Crippen molar-refractivity contribution in [3.63, 3.8) is 0 Å². The van der Waals surface area contributed by atoms with Crippen LogP contribution in [0.25, 0.3) is 11.1 Å². The summed E-state index contributed by atoms with van der Waals surface area (Å²) in [7, 11) is 0. The predicted molar refractivity (Wildman–Crippen MR) is 126 cm³/mol. The molecule has 1 atom stereocenters. The van der Waals surface area contributed by atoms with Crippen molar-refractivity contribution in [3.05, 3.63) is 87.2 Å². The molecule has 5 rings (SSSR count). The molecule has 0 saturated heterocycles. The first-order valence-electron chi connectivity index (χ1n) is 11.4. The van der Waals surface area contributed by atoms with Crippen LogP contribution in [-0.2, 0) is 4.79 Å². The van der Waals surface area contributed by atoms with Crippen molar-refractivity contribution in [1.29, 1.82) is 0 Å². The molecule has 1 aromatic carbocycles. The quantitative estimate of drug-likeness (QED) is 0.441. The molecule has 0 N–H and O–H groups in total. The number of allylic oxidation sites excluding steroid dienone is 2. The fourth-order valence-electron chi connectivity index (χ4n) is 5.33. The summed E-state index contributed by atoms with van der Waals surface area (Å²) < 4.78 is 6.29. The van der Waals surface area contributed by atoms with Gasteiger partial charge in [0.15, 0.2) is 5.78 Å². The van der Waals surface area contributed by atoms with Crippen LogP contribution >= 0.6 is 0 Å². The summed E-state index contributed by atoms with van der Waals surface area (Å²) in [6, 6.07) is 15.5. The number of ketones is 1. The molecule has 2 heteroatoms. The van der Waals surface area contributed by atoms with Gasteiger partial charge in [-0.1, -0.05) is 55.8 Å². The zero-order valence-corrected chi connectivity index (χ0v) is 19.1. The number of rotatable bonds is 2. The van der Waals surface area contributed by atoms with Gasteiger partial charge in [0, 0.05) is 29.9 Å². The molecule has 4 aliphatic rings. The molecule has 0 radical (unpaired) electrons. The molecule has 0 fully saturated rings. The Balaban J connectivity index is 1.81. The first-order valence-corrected chi connectivity index (χ1v) is 11.4. The third-order valence-electron chi connectivity index (χ3n) is 6.97. The van der Waals surface area contributed by atoms with Crippen LogP contribution in [-0.4, -0.2) is 5.78 Å². The van der Waals surface area contributed by atoms with Gasteiger partial charge in [-0.2, -0.15) is 0 Å². The second kappa shape index (κ2) is 7.37. The lowest BCUT2D eigenvalue weighted by molar-refractivity contribution is -0.116. The maximum Gasteiger partial charge on any atom is 0.163 e. The summed E-state index contributed by atoms with van der Waals surface area (Å²) in [6.45, 7) is 11.0. The van der Waals surface area contributed by atoms with E-state index in [1.165, 1.54) is 38.9 Å². The second-order valence-electron chi connectivity index (χ2n) is 9.58. The third-order valence-corrected chi connectivity index (χ3v) is 6.97. The van der Waals surface area contributed by atoms with E-state index in [-0.39, 0.29) is 11.7 Å². The summed E-state index contributed by atoms with van der Waals surface area (Å²) in [6.07, 6.45) is 2.33. The molecule has 1 heterocycles. The second-order valence-corrected chi connectivity index (χ2v) is 9.58. The zero-order chi connectivity index (χ0) is 21.9. The highest BCUT2D eigenvalue weighted by Crippen LogP contribution is 2.51. The van der Waals surface area contributed by atoms with Crippen LogP contribution in [0.2, 0.25) is 0 Å². The highest BCUT2D eigenvalue weighted by molar-refractivity contribution is 6.00. The number of carbonyl (C=O) groups is 1. The number of benzene rings is 1. The van der Waals surface area contributed by atoms with Gasteiger partial charge < -0.3 is 4.74 Å². The number of carbonyl (C=O) groups excluding carboxylic acids is 1. The van der Waals surface area contributed by atoms with Gasteiger partial charge in [0.05, 0.1) is 0 Å². The molecule has 31 heavy (non-hydrogen) atoms. The Hall–Kier alpha value is -2.87. The molecule has 0 amide bonds. The van der Waals surface area contributed by atoms with E-state index in [1.807, 2.05) is 0 Å². The fourth-order valence-corrected chi connectivity index (χ4v) is 5.33. The average molecular weight is 411 g/mol. The Kier molecular flexibility index (Phi) is 4.77. The normalized spacial score (nSPS) is 18.3. The Morgan fingerprint density at radius 2 is 1.71 bits per heavy atom. The molecule has 1 unspecified atom stereocenters. The standard InChI is InChI=1S/C29H30O2/c1-16(2)20-11-10-18(4)27-21(15-20)19(5)14-23(27)28-22-13-17(3)9-12-25(22)31-26-8-6-7-24(30)29(26)28/h9-16,28H,6-8H2,1-5H3. The molecular weight excluding hydrogens is 380 g/mol. The van der Waals surface area contributed by atoms with Crippen LogP contribution in [0.4, 0.5) is 0 Å². The fraction of sp³-hybridized carbons (Fsp3) is 0.345. The first-order chi connectivity index (χ1) is 14.8.